The summed E-state index contributed by atoms with van der Waals surface area (Å²) in [6, 6.07) is 11.5. The fourth-order valence-corrected chi connectivity index (χ4v) is 3.04. The van der Waals surface area contributed by atoms with Crippen molar-refractivity contribution in [2.45, 2.75) is 38.8 Å². The Bertz CT molecular complexity index is 797. The molecular formula is C22H31IN4O3. The summed E-state index contributed by atoms with van der Waals surface area (Å²) < 4.78 is 17.5. The van der Waals surface area contributed by atoms with E-state index in [1.54, 1.807) is 13.2 Å². The minimum Gasteiger partial charge on any atom is -0.490 e. The van der Waals surface area contributed by atoms with Crippen LogP contribution < -0.4 is 20.1 Å². The molecule has 8 heteroatoms. The number of guanidine groups is 1. The molecule has 2 heterocycles. The normalized spacial score (nSPS) is 15.9. The van der Waals surface area contributed by atoms with E-state index >= 15 is 0 Å². The van der Waals surface area contributed by atoms with E-state index in [1.165, 1.54) is 0 Å². The quantitative estimate of drug-likeness (QED) is 0.291. The van der Waals surface area contributed by atoms with Gasteiger partial charge in [-0.15, -0.1) is 24.0 Å². The topological polar surface area (TPSA) is 77.0 Å². The zero-order chi connectivity index (χ0) is 20.3. The first-order chi connectivity index (χ1) is 14.3. The summed E-state index contributed by atoms with van der Waals surface area (Å²) in [6.45, 7) is 4.85. The summed E-state index contributed by atoms with van der Waals surface area (Å²) >= 11 is 0. The van der Waals surface area contributed by atoms with Crippen molar-refractivity contribution in [2.24, 2.45) is 4.99 Å². The van der Waals surface area contributed by atoms with Crippen molar-refractivity contribution in [2.75, 3.05) is 26.8 Å². The highest BCUT2D eigenvalue weighted by molar-refractivity contribution is 14.0. The van der Waals surface area contributed by atoms with Gasteiger partial charge in [-0.3, -0.25) is 4.99 Å². The summed E-state index contributed by atoms with van der Waals surface area (Å²) in [5.74, 6) is 2.64. The number of halogens is 1. The van der Waals surface area contributed by atoms with E-state index in [-0.39, 0.29) is 30.1 Å². The standard InChI is InChI=1S/C22H30N4O3.HI/c1-3-13-28-19-10-4-5-11-20(19)29-21-17(8-6-12-24-21)15-25-22(23-2)26-16-18-9-7-14-27-18;/h4-6,8,10-12,18H,3,7,9,13-16H2,1-2H3,(H2,23,25,26);1H. The van der Waals surface area contributed by atoms with Crippen molar-refractivity contribution in [3.63, 3.8) is 0 Å². The average Bonchev–Trinajstić information content (AvgIpc) is 3.28. The molecule has 0 radical (unpaired) electrons. The lowest BCUT2D eigenvalue weighted by Gasteiger charge is -2.16. The number of nitrogens with one attached hydrogen (secondary N) is 2. The third-order valence-corrected chi connectivity index (χ3v) is 4.56. The summed E-state index contributed by atoms with van der Waals surface area (Å²) in [4.78, 5) is 8.69. The second kappa shape index (κ2) is 13.3. The van der Waals surface area contributed by atoms with Crippen LogP contribution in [0.1, 0.15) is 31.7 Å². The van der Waals surface area contributed by atoms with E-state index in [0.29, 0.717) is 30.5 Å². The molecule has 0 bridgehead atoms. The molecule has 1 aromatic heterocycles. The molecule has 30 heavy (non-hydrogen) atoms. The fraction of sp³-hybridized carbons (Fsp3) is 0.455. The maximum Gasteiger partial charge on any atom is 0.224 e. The Morgan fingerprint density at radius 2 is 2.03 bits per heavy atom. The van der Waals surface area contributed by atoms with Gasteiger partial charge in [0.15, 0.2) is 17.5 Å². The summed E-state index contributed by atoms with van der Waals surface area (Å²) in [6.07, 6.45) is 5.12. The largest absolute Gasteiger partial charge is 0.490 e. The van der Waals surface area contributed by atoms with Gasteiger partial charge >= 0.3 is 0 Å². The molecule has 1 saturated heterocycles. The van der Waals surface area contributed by atoms with E-state index in [0.717, 1.165) is 43.9 Å². The average molecular weight is 526 g/mol. The summed E-state index contributed by atoms with van der Waals surface area (Å²) in [5.41, 5.74) is 0.929. The van der Waals surface area contributed by atoms with Crippen LogP contribution in [-0.2, 0) is 11.3 Å². The monoisotopic (exact) mass is 526 g/mol. The van der Waals surface area contributed by atoms with Crippen LogP contribution in [0.3, 0.4) is 0 Å². The van der Waals surface area contributed by atoms with Gasteiger partial charge in [-0.2, -0.15) is 0 Å². The second-order valence-corrected chi connectivity index (χ2v) is 6.81. The molecular weight excluding hydrogens is 495 g/mol. The van der Waals surface area contributed by atoms with Crippen LogP contribution in [0.15, 0.2) is 47.6 Å². The maximum absolute atomic E-state index is 6.09. The number of para-hydroxylation sites is 2. The Morgan fingerprint density at radius 3 is 2.77 bits per heavy atom. The second-order valence-electron chi connectivity index (χ2n) is 6.81. The van der Waals surface area contributed by atoms with Gasteiger partial charge in [0.25, 0.3) is 0 Å². The van der Waals surface area contributed by atoms with Crippen molar-refractivity contribution < 1.29 is 14.2 Å². The molecule has 1 aromatic carbocycles. The van der Waals surface area contributed by atoms with Gasteiger partial charge in [0.2, 0.25) is 5.88 Å². The van der Waals surface area contributed by atoms with Crippen molar-refractivity contribution >= 4 is 29.9 Å². The first kappa shape index (κ1) is 24.2. The van der Waals surface area contributed by atoms with E-state index < -0.39 is 0 Å². The highest BCUT2D eigenvalue weighted by atomic mass is 127. The Labute approximate surface area is 195 Å². The molecule has 3 rings (SSSR count). The third kappa shape index (κ3) is 7.32. The highest BCUT2D eigenvalue weighted by Crippen LogP contribution is 2.31. The van der Waals surface area contributed by atoms with Gasteiger partial charge in [0, 0.05) is 38.5 Å². The van der Waals surface area contributed by atoms with Gasteiger partial charge in [-0.1, -0.05) is 25.1 Å². The fourth-order valence-electron chi connectivity index (χ4n) is 3.04. The van der Waals surface area contributed by atoms with Crippen LogP contribution in [-0.4, -0.2) is 43.9 Å². The lowest BCUT2D eigenvalue weighted by Crippen LogP contribution is -2.40. The number of pyridine rings is 1. The zero-order valence-electron chi connectivity index (χ0n) is 17.6. The molecule has 0 amide bonds. The highest BCUT2D eigenvalue weighted by Gasteiger charge is 2.16. The van der Waals surface area contributed by atoms with Gasteiger partial charge < -0.3 is 24.8 Å². The third-order valence-electron chi connectivity index (χ3n) is 4.56. The minimum absolute atomic E-state index is 0. The van der Waals surface area contributed by atoms with Crippen molar-refractivity contribution in [1.29, 1.82) is 0 Å². The number of benzene rings is 1. The molecule has 164 valence electrons. The van der Waals surface area contributed by atoms with E-state index in [9.17, 15) is 0 Å². The molecule has 1 aliphatic heterocycles. The minimum atomic E-state index is 0. The molecule has 0 spiro atoms. The lowest BCUT2D eigenvalue weighted by atomic mass is 10.2. The molecule has 1 unspecified atom stereocenters. The molecule has 1 fully saturated rings. The number of aliphatic imine (C=N–C) groups is 1. The molecule has 1 aliphatic rings. The van der Waals surface area contributed by atoms with Crippen LogP contribution >= 0.6 is 24.0 Å². The Morgan fingerprint density at radius 1 is 1.20 bits per heavy atom. The lowest BCUT2D eigenvalue weighted by molar-refractivity contribution is 0.114. The van der Waals surface area contributed by atoms with Crippen LogP contribution in [0.4, 0.5) is 0 Å². The van der Waals surface area contributed by atoms with Crippen LogP contribution in [0.5, 0.6) is 17.4 Å². The molecule has 0 aliphatic carbocycles. The van der Waals surface area contributed by atoms with Gasteiger partial charge in [0.05, 0.1) is 12.7 Å². The smallest absolute Gasteiger partial charge is 0.224 e. The molecule has 0 saturated carbocycles. The van der Waals surface area contributed by atoms with Crippen molar-refractivity contribution in [3.05, 3.63) is 48.2 Å². The number of hydrogen-bond donors (Lipinski definition) is 2. The molecule has 7 nitrogen and oxygen atoms in total. The summed E-state index contributed by atoms with van der Waals surface area (Å²) in [5, 5.41) is 6.63. The number of ether oxygens (including phenoxy) is 3. The molecule has 2 aromatic rings. The number of rotatable bonds is 9. The van der Waals surface area contributed by atoms with Crippen LogP contribution in [0.25, 0.3) is 0 Å². The zero-order valence-corrected chi connectivity index (χ0v) is 19.9. The Kier molecular flexibility index (Phi) is 10.7. The number of aromatic nitrogens is 1. The van der Waals surface area contributed by atoms with E-state index in [2.05, 4.69) is 27.5 Å². The van der Waals surface area contributed by atoms with Crippen LogP contribution in [0, 0.1) is 0 Å². The SMILES string of the molecule is CCCOc1ccccc1Oc1ncccc1CNC(=NC)NCC1CCCO1.I. The summed E-state index contributed by atoms with van der Waals surface area (Å²) in [7, 11) is 1.76. The van der Waals surface area contributed by atoms with Crippen molar-refractivity contribution in [3.8, 4) is 17.4 Å². The Hall–Kier alpha value is -2.07. The predicted octanol–water partition coefficient (Wildman–Crippen LogP) is 4.12. The van der Waals surface area contributed by atoms with Crippen molar-refractivity contribution in [1.82, 2.24) is 15.6 Å². The Balaban J connectivity index is 0.00000320. The molecule has 1 atom stereocenters. The van der Waals surface area contributed by atoms with E-state index in [1.807, 2.05) is 36.4 Å². The first-order valence-corrected chi connectivity index (χ1v) is 10.2. The van der Waals surface area contributed by atoms with Gasteiger partial charge in [-0.05, 0) is 37.5 Å². The first-order valence-electron chi connectivity index (χ1n) is 10.2. The predicted molar refractivity (Wildman–Crippen MR) is 129 cm³/mol. The molecule has 2 N–H and O–H groups in total. The number of nitrogens with zero attached hydrogens (tertiary/aromatic N) is 2. The van der Waals surface area contributed by atoms with E-state index in [4.69, 9.17) is 14.2 Å². The number of hydrogen-bond acceptors (Lipinski definition) is 5. The maximum atomic E-state index is 6.09. The van der Waals surface area contributed by atoms with Gasteiger partial charge in [-0.25, -0.2) is 4.98 Å². The van der Waals surface area contributed by atoms with Gasteiger partial charge in [0.1, 0.15) is 0 Å². The van der Waals surface area contributed by atoms with Crippen LogP contribution in [0.2, 0.25) is 0 Å².